The predicted octanol–water partition coefficient (Wildman–Crippen LogP) is 7.00. The van der Waals surface area contributed by atoms with Gasteiger partial charge in [0.2, 0.25) is 0 Å². The lowest BCUT2D eigenvalue weighted by molar-refractivity contribution is -0.162. The van der Waals surface area contributed by atoms with Crippen LogP contribution in [0.5, 0.6) is 0 Å². The Morgan fingerprint density at radius 2 is 1.32 bits per heavy atom. The second kappa shape index (κ2) is 21.8. The van der Waals surface area contributed by atoms with Crippen molar-refractivity contribution >= 4 is 17.5 Å². The van der Waals surface area contributed by atoms with E-state index >= 15 is 0 Å². The van der Waals surface area contributed by atoms with E-state index in [1.807, 2.05) is 84.0 Å². The summed E-state index contributed by atoms with van der Waals surface area (Å²) < 4.78 is 39.9. The number of benzene rings is 2. The molecule has 0 heterocycles. The predicted molar refractivity (Wildman–Crippen MR) is 192 cm³/mol. The number of aryl methyl sites for hydroxylation is 3. The van der Waals surface area contributed by atoms with Crippen LogP contribution in [-0.2, 0) is 49.4 Å². The summed E-state index contributed by atoms with van der Waals surface area (Å²) in [5.74, 6) is -0.797. The van der Waals surface area contributed by atoms with Crippen molar-refractivity contribution in [1.29, 1.82) is 0 Å². The number of carboxylic acid groups (broad SMARTS) is 1. The summed E-state index contributed by atoms with van der Waals surface area (Å²) in [5, 5.41) is 10.5. The van der Waals surface area contributed by atoms with Crippen molar-refractivity contribution in [3.8, 4) is 0 Å². The highest BCUT2D eigenvalue weighted by Crippen LogP contribution is 2.38. The molecule has 0 saturated heterocycles. The molecule has 2 aromatic carbocycles. The molecule has 50 heavy (non-hydrogen) atoms. The van der Waals surface area contributed by atoms with Crippen molar-refractivity contribution in [2.45, 2.75) is 92.0 Å². The Kier molecular flexibility index (Phi) is 18.0. The first-order valence-electron chi connectivity index (χ1n) is 17.9. The maximum absolute atomic E-state index is 12.8. The summed E-state index contributed by atoms with van der Waals surface area (Å²) in [6.07, 6.45) is 4.02. The molecule has 0 bridgehead atoms. The number of carbonyl (C=O) groups excluding carboxylic acids is 1. The van der Waals surface area contributed by atoms with Gasteiger partial charge in [-0.15, -0.1) is 0 Å². The van der Waals surface area contributed by atoms with Gasteiger partial charge in [0.25, 0.3) is 0 Å². The normalized spacial score (nSPS) is 16.9. The van der Waals surface area contributed by atoms with Crippen LogP contribution in [0.25, 0.3) is 5.57 Å². The number of ether oxygens (including phenoxy) is 7. The van der Waals surface area contributed by atoms with E-state index < -0.39 is 11.6 Å². The fourth-order valence-electron chi connectivity index (χ4n) is 6.03. The minimum absolute atomic E-state index is 0.0170. The minimum Gasteiger partial charge on any atom is -0.492 e. The molecule has 1 saturated carbocycles. The van der Waals surface area contributed by atoms with Gasteiger partial charge in [-0.25, -0.2) is 9.59 Å². The number of esters is 1. The summed E-state index contributed by atoms with van der Waals surface area (Å²) in [5.41, 5.74) is 4.50. The molecule has 0 aromatic heterocycles. The van der Waals surface area contributed by atoms with E-state index in [0.29, 0.717) is 65.2 Å². The molecule has 1 aliphatic carbocycles. The fraction of sp³-hybridized carbons (Fsp3) is 0.600. The number of hydrogen-bond donors (Lipinski definition) is 1. The molecule has 3 rings (SSSR count). The summed E-state index contributed by atoms with van der Waals surface area (Å²) in [4.78, 5) is 24.6. The highest BCUT2D eigenvalue weighted by atomic mass is 16.6. The Bertz CT molecular complexity index is 1320. The van der Waals surface area contributed by atoms with Crippen LogP contribution in [0.15, 0.2) is 48.2 Å². The number of aliphatic carboxylic acids is 1. The van der Waals surface area contributed by atoms with Crippen LogP contribution >= 0.6 is 0 Å². The van der Waals surface area contributed by atoms with E-state index in [-0.39, 0.29) is 30.2 Å². The van der Waals surface area contributed by atoms with Crippen LogP contribution < -0.4 is 0 Å². The zero-order chi connectivity index (χ0) is 36.4. The fourth-order valence-corrected chi connectivity index (χ4v) is 6.03. The maximum atomic E-state index is 12.8. The maximum Gasteiger partial charge on any atom is 0.339 e. The zero-order valence-corrected chi connectivity index (χ0v) is 30.9. The quantitative estimate of drug-likeness (QED) is 0.0563. The van der Waals surface area contributed by atoms with Gasteiger partial charge >= 0.3 is 11.9 Å². The average molecular weight is 699 g/mol. The highest BCUT2D eigenvalue weighted by molar-refractivity contribution is 6.17. The molecule has 0 spiro atoms. The van der Waals surface area contributed by atoms with Crippen molar-refractivity contribution in [2.24, 2.45) is 5.92 Å². The van der Waals surface area contributed by atoms with E-state index in [0.717, 1.165) is 59.9 Å². The Morgan fingerprint density at radius 3 is 1.86 bits per heavy atom. The molecule has 278 valence electrons. The SMILES string of the molecule is CCC(C)(C)OC(=O)COCCOCCOCCOCCOC1CCC(/C(OCc2ccccc2)=C(\C(=O)O)c2c(C)cc(C)cc2C)CC1. The Labute approximate surface area is 298 Å². The standard InChI is InChI=1S/C40H58O10/c1-7-40(5,6)50-35(41)28-47-22-21-45-18-17-44-19-20-46-23-24-48-34-15-13-33(14-16-34)38(49-27-32-11-9-8-10-12-32)37(39(42)43)36-30(3)25-29(2)26-31(36)4/h8-12,25-26,33-34H,7,13-24,27-28H2,1-6H3,(H,42,43)/b38-37+. The Balaban J connectivity index is 1.35. The lowest BCUT2D eigenvalue weighted by Crippen LogP contribution is -2.29. The smallest absolute Gasteiger partial charge is 0.339 e. The van der Waals surface area contributed by atoms with Crippen LogP contribution in [0.1, 0.15) is 80.7 Å². The zero-order valence-electron chi connectivity index (χ0n) is 30.9. The van der Waals surface area contributed by atoms with Gasteiger partial charge in [0.05, 0.1) is 59.0 Å². The molecule has 1 N–H and O–H groups in total. The van der Waals surface area contributed by atoms with Gasteiger partial charge in [-0.3, -0.25) is 0 Å². The van der Waals surface area contributed by atoms with E-state index in [2.05, 4.69) is 0 Å². The molecule has 10 heteroatoms. The minimum atomic E-state index is -0.966. The number of carboxylic acids is 1. The van der Waals surface area contributed by atoms with E-state index in [1.54, 1.807) is 0 Å². The highest BCUT2D eigenvalue weighted by Gasteiger charge is 2.31. The number of rotatable bonds is 23. The molecule has 1 aliphatic rings. The van der Waals surface area contributed by atoms with Gasteiger partial charge in [0, 0.05) is 5.92 Å². The van der Waals surface area contributed by atoms with E-state index in [4.69, 9.17) is 33.2 Å². The largest absolute Gasteiger partial charge is 0.492 e. The lowest BCUT2D eigenvalue weighted by Gasteiger charge is -2.31. The molecule has 0 unspecified atom stereocenters. The summed E-state index contributed by atoms with van der Waals surface area (Å²) in [6.45, 7) is 15.3. The first-order chi connectivity index (χ1) is 24.0. The van der Waals surface area contributed by atoms with Crippen LogP contribution in [-0.4, -0.2) is 88.2 Å². The molecule has 0 radical (unpaired) electrons. The van der Waals surface area contributed by atoms with Gasteiger partial charge < -0.3 is 38.3 Å². The second-order valence-electron chi connectivity index (χ2n) is 13.4. The van der Waals surface area contributed by atoms with Gasteiger partial charge in [0.15, 0.2) is 0 Å². The molecule has 2 aromatic rings. The lowest BCUT2D eigenvalue weighted by atomic mass is 9.82. The first-order valence-corrected chi connectivity index (χ1v) is 17.9. The van der Waals surface area contributed by atoms with Gasteiger partial charge in [-0.1, -0.05) is 55.0 Å². The summed E-state index contributed by atoms with van der Waals surface area (Å²) in [7, 11) is 0. The number of hydrogen-bond acceptors (Lipinski definition) is 9. The third-order valence-corrected chi connectivity index (χ3v) is 8.83. The van der Waals surface area contributed by atoms with Crippen LogP contribution in [0.3, 0.4) is 0 Å². The first kappa shape index (κ1) is 41.1. The van der Waals surface area contributed by atoms with Crippen molar-refractivity contribution in [3.63, 3.8) is 0 Å². The van der Waals surface area contributed by atoms with Crippen LogP contribution in [0.2, 0.25) is 0 Å². The second-order valence-corrected chi connectivity index (χ2v) is 13.4. The third kappa shape index (κ3) is 14.5. The van der Waals surface area contributed by atoms with Crippen molar-refractivity contribution in [3.05, 3.63) is 76.0 Å². The molecule has 0 amide bonds. The van der Waals surface area contributed by atoms with Gasteiger partial charge in [-0.05, 0) is 89.0 Å². The monoisotopic (exact) mass is 698 g/mol. The van der Waals surface area contributed by atoms with Crippen molar-refractivity contribution < 1.29 is 47.9 Å². The molecule has 0 aliphatic heterocycles. The van der Waals surface area contributed by atoms with Gasteiger partial charge in [-0.2, -0.15) is 0 Å². The molecular formula is C40H58O10. The molecule has 10 nitrogen and oxygen atoms in total. The van der Waals surface area contributed by atoms with Crippen LogP contribution in [0, 0.1) is 26.7 Å². The van der Waals surface area contributed by atoms with Gasteiger partial charge in [0.1, 0.15) is 30.1 Å². The van der Waals surface area contributed by atoms with Crippen LogP contribution in [0.4, 0.5) is 0 Å². The third-order valence-electron chi connectivity index (χ3n) is 8.83. The topological polar surface area (TPSA) is 119 Å². The Hall–Kier alpha value is -3.28. The summed E-state index contributed by atoms with van der Waals surface area (Å²) in [6, 6.07) is 13.9. The molecular weight excluding hydrogens is 640 g/mol. The summed E-state index contributed by atoms with van der Waals surface area (Å²) >= 11 is 0. The average Bonchev–Trinajstić information content (AvgIpc) is 3.08. The van der Waals surface area contributed by atoms with E-state index in [1.165, 1.54) is 0 Å². The number of allylic oxidation sites excluding steroid dienone is 1. The Morgan fingerprint density at radius 1 is 0.780 bits per heavy atom. The molecule has 0 atom stereocenters. The van der Waals surface area contributed by atoms with E-state index in [9.17, 15) is 14.7 Å². The molecule has 1 fully saturated rings. The number of carbonyl (C=O) groups is 2. The van der Waals surface area contributed by atoms with Crippen molar-refractivity contribution in [1.82, 2.24) is 0 Å². The van der Waals surface area contributed by atoms with Crippen molar-refractivity contribution in [2.75, 3.05) is 59.5 Å².